The van der Waals surface area contributed by atoms with Crippen molar-refractivity contribution in [2.24, 2.45) is 5.41 Å². The monoisotopic (exact) mass is 366 g/mol. The van der Waals surface area contributed by atoms with Crippen LogP contribution >= 0.6 is 0 Å². The van der Waals surface area contributed by atoms with Gasteiger partial charge in [-0.25, -0.2) is 0 Å². The second kappa shape index (κ2) is 8.13. The molecule has 1 aliphatic heterocycles. The number of carbonyl (C=O) groups is 2. The molecule has 9 nitrogen and oxygen atoms in total. The molecule has 142 valence electrons. The van der Waals surface area contributed by atoms with Crippen molar-refractivity contribution >= 4 is 17.6 Å². The van der Waals surface area contributed by atoms with Crippen LogP contribution in [0, 0.1) is 15.5 Å². The molecule has 1 heterocycles. The van der Waals surface area contributed by atoms with E-state index in [1.54, 1.807) is 6.92 Å². The van der Waals surface area contributed by atoms with E-state index in [-0.39, 0.29) is 36.8 Å². The first-order valence-electron chi connectivity index (χ1n) is 8.27. The summed E-state index contributed by atoms with van der Waals surface area (Å²) in [6, 6.07) is 4.01. The maximum Gasteiger partial charge on any atom is 0.313 e. The van der Waals surface area contributed by atoms with Gasteiger partial charge in [-0.05, 0) is 31.9 Å². The van der Waals surface area contributed by atoms with Crippen LogP contribution in [0.1, 0.15) is 30.1 Å². The smallest absolute Gasteiger partial charge is 0.313 e. The Morgan fingerprint density at radius 3 is 2.73 bits per heavy atom. The van der Waals surface area contributed by atoms with Gasteiger partial charge in [-0.3, -0.25) is 19.7 Å². The van der Waals surface area contributed by atoms with Crippen LogP contribution < -0.4 is 4.74 Å². The van der Waals surface area contributed by atoms with E-state index in [0.717, 1.165) is 0 Å². The highest BCUT2D eigenvalue weighted by Gasteiger charge is 2.44. The Labute approximate surface area is 150 Å². The molecule has 1 amide bonds. The molecule has 1 aromatic carbocycles. The lowest BCUT2D eigenvalue weighted by atomic mass is 9.80. The largest absolute Gasteiger partial charge is 0.487 e. The van der Waals surface area contributed by atoms with Crippen LogP contribution in [0.5, 0.6) is 5.75 Å². The van der Waals surface area contributed by atoms with Crippen molar-refractivity contribution in [1.29, 1.82) is 0 Å². The summed E-state index contributed by atoms with van der Waals surface area (Å²) in [5.74, 6) is -1.38. The van der Waals surface area contributed by atoms with Crippen LogP contribution in [0.4, 0.5) is 5.69 Å². The van der Waals surface area contributed by atoms with Gasteiger partial charge < -0.3 is 19.5 Å². The average Bonchev–Trinajstić information content (AvgIpc) is 2.62. The number of amides is 1. The molecule has 0 radical (unpaired) electrons. The lowest BCUT2D eigenvalue weighted by Crippen LogP contribution is -2.52. The number of carboxylic acids is 1. The maximum absolute atomic E-state index is 12.8. The zero-order valence-electron chi connectivity index (χ0n) is 14.8. The third kappa shape index (κ3) is 3.93. The first kappa shape index (κ1) is 19.6. The summed E-state index contributed by atoms with van der Waals surface area (Å²) in [7, 11) is 1.42. The van der Waals surface area contributed by atoms with Crippen LogP contribution in [0.2, 0.25) is 0 Å². The number of hydrogen-bond acceptors (Lipinski definition) is 6. The Morgan fingerprint density at radius 2 is 2.15 bits per heavy atom. The molecule has 1 unspecified atom stereocenters. The van der Waals surface area contributed by atoms with E-state index in [1.165, 1.54) is 30.2 Å². The maximum atomic E-state index is 12.8. The highest BCUT2D eigenvalue weighted by atomic mass is 16.6. The quantitative estimate of drug-likeness (QED) is 0.578. The van der Waals surface area contributed by atoms with E-state index in [2.05, 4.69) is 0 Å². The Balaban J connectivity index is 2.29. The van der Waals surface area contributed by atoms with Gasteiger partial charge in [0.05, 0.1) is 18.1 Å². The van der Waals surface area contributed by atoms with Gasteiger partial charge >= 0.3 is 11.7 Å². The second-order valence-electron chi connectivity index (χ2n) is 6.22. The minimum Gasteiger partial charge on any atom is -0.487 e. The number of aliphatic carboxylic acids is 1. The topological polar surface area (TPSA) is 119 Å². The standard InChI is InChI=1S/C17H22N2O7/c1-3-26-14-6-5-12(9-13(14)19(23)24)15(20)18-8-4-7-17(10-18,11-25-2)16(21)22/h5-6,9H,3-4,7-8,10-11H2,1-2H3,(H,21,22). The summed E-state index contributed by atoms with van der Waals surface area (Å²) in [6.45, 7) is 2.35. The lowest BCUT2D eigenvalue weighted by molar-refractivity contribution is -0.385. The highest BCUT2D eigenvalue weighted by molar-refractivity contribution is 5.95. The molecule has 0 aromatic heterocycles. The van der Waals surface area contributed by atoms with Crippen LogP contribution in [0.25, 0.3) is 0 Å². The molecule has 2 rings (SSSR count). The summed E-state index contributed by atoms with van der Waals surface area (Å²) in [4.78, 5) is 36.5. The molecule has 1 fully saturated rings. The van der Waals surface area contributed by atoms with Crippen LogP contribution in [-0.4, -0.2) is 60.2 Å². The number of likely N-dealkylation sites (tertiary alicyclic amines) is 1. The number of methoxy groups -OCH3 is 1. The number of carbonyl (C=O) groups excluding carboxylic acids is 1. The van der Waals surface area contributed by atoms with Crippen molar-refractivity contribution in [3.8, 4) is 5.75 Å². The normalized spacial score (nSPS) is 19.8. The molecule has 0 spiro atoms. The molecular formula is C17H22N2O7. The molecule has 0 saturated carbocycles. The Kier molecular flexibility index (Phi) is 6.14. The summed E-state index contributed by atoms with van der Waals surface area (Å²) in [5.41, 5.74) is -1.34. The lowest BCUT2D eigenvalue weighted by Gasteiger charge is -2.39. The molecule has 1 saturated heterocycles. The fourth-order valence-electron chi connectivity index (χ4n) is 3.19. The number of rotatable bonds is 7. The number of carboxylic acid groups (broad SMARTS) is 1. The fourth-order valence-corrected chi connectivity index (χ4v) is 3.19. The van der Waals surface area contributed by atoms with Gasteiger partial charge in [0.15, 0.2) is 5.75 Å². The van der Waals surface area contributed by atoms with Crippen LogP contribution in [-0.2, 0) is 9.53 Å². The van der Waals surface area contributed by atoms with Crippen molar-refractivity contribution in [3.05, 3.63) is 33.9 Å². The first-order chi connectivity index (χ1) is 12.3. The van der Waals surface area contributed by atoms with Gasteiger partial charge in [0.25, 0.3) is 5.91 Å². The minimum absolute atomic E-state index is 0.00395. The van der Waals surface area contributed by atoms with E-state index >= 15 is 0 Å². The van der Waals surface area contributed by atoms with Gasteiger partial charge in [-0.15, -0.1) is 0 Å². The second-order valence-corrected chi connectivity index (χ2v) is 6.22. The number of hydrogen-bond donors (Lipinski definition) is 1. The van der Waals surface area contributed by atoms with E-state index in [4.69, 9.17) is 9.47 Å². The van der Waals surface area contributed by atoms with E-state index in [0.29, 0.717) is 19.4 Å². The van der Waals surface area contributed by atoms with Crippen molar-refractivity contribution < 1.29 is 29.1 Å². The fraction of sp³-hybridized carbons (Fsp3) is 0.529. The first-order valence-corrected chi connectivity index (χ1v) is 8.27. The highest BCUT2D eigenvalue weighted by Crippen LogP contribution is 2.33. The molecule has 1 N–H and O–H groups in total. The SMILES string of the molecule is CCOc1ccc(C(=O)N2CCCC(COC)(C(=O)O)C2)cc1[N+](=O)[O-]. The van der Waals surface area contributed by atoms with Gasteiger partial charge in [0.2, 0.25) is 0 Å². The van der Waals surface area contributed by atoms with Crippen molar-refractivity contribution in [2.75, 3.05) is 33.4 Å². The number of piperidine rings is 1. The number of nitrogens with zero attached hydrogens (tertiary/aromatic N) is 2. The van der Waals surface area contributed by atoms with E-state index < -0.39 is 22.2 Å². The summed E-state index contributed by atoms with van der Waals surface area (Å²) in [5, 5.41) is 20.8. The van der Waals surface area contributed by atoms with Crippen molar-refractivity contribution in [3.63, 3.8) is 0 Å². The summed E-state index contributed by atoms with van der Waals surface area (Å²) < 4.78 is 10.3. The molecule has 26 heavy (non-hydrogen) atoms. The molecular weight excluding hydrogens is 344 g/mol. The number of nitro groups is 1. The molecule has 1 atom stereocenters. The van der Waals surface area contributed by atoms with Crippen LogP contribution in [0.15, 0.2) is 18.2 Å². The number of nitro benzene ring substituents is 1. The zero-order valence-corrected chi connectivity index (χ0v) is 14.8. The molecule has 9 heteroatoms. The number of benzene rings is 1. The Bertz CT molecular complexity index is 702. The van der Waals surface area contributed by atoms with Crippen molar-refractivity contribution in [1.82, 2.24) is 4.90 Å². The van der Waals surface area contributed by atoms with Gasteiger partial charge in [0, 0.05) is 31.8 Å². The molecule has 0 bridgehead atoms. The zero-order chi connectivity index (χ0) is 19.3. The summed E-state index contributed by atoms with van der Waals surface area (Å²) in [6.07, 6.45) is 0.921. The Morgan fingerprint density at radius 1 is 1.42 bits per heavy atom. The van der Waals surface area contributed by atoms with Crippen LogP contribution in [0.3, 0.4) is 0 Å². The Hall–Kier alpha value is -2.68. The van der Waals surface area contributed by atoms with Crippen molar-refractivity contribution in [2.45, 2.75) is 19.8 Å². The van der Waals surface area contributed by atoms with E-state index in [1.807, 2.05) is 0 Å². The summed E-state index contributed by atoms with van der Waals surface area (Å²) >= 11 is 0. The minimum atomic E-state index is -1.17. The van der Waals surface area contributed by atoms with Gasteiger partial charge in [0.1, 0.15) is 5.41 Å². The van der Waals surface area contributed by atoms with Gasteiger partial charge in [-0.2, -0.15) is 0 Å². The predicted octanol–water partition coefficient (Wildman–Crippen LogP) is 1.95. The predicted molar refractivity (Wildman–Crippen MR) is 91.3 cm³/mol. The molecule has 1 aromatic rings. The third-order valence-electron chi connectivity index (χ3n) is 4.44. The average molecular weight is 366 g/mol. The van der Waals surface area contributed by atoms with Gasteiger partial charge in [-0.1, -0.05) is 0 Å². The number of ether oxygens (including phenoxy) is 2. The third-order valence-corrected chi connectivity index (χ3v) is 4.44. The van der Waals surface area contributed by atoms with E-state index in [9.17, 15) is 24.8 Å². The molecule has 1 aliphatic rings. The molecule has 0 aliphatic carbocycles.